The summed E-state index contributed by atoms with van der Waals surface area (Å²) in [5.74, 6) is 0.788. The summed E-state index contributed by atoms with van der Waals surface area (Å²) < 4.78 is 0. The molecule has 0 spiro atoms. The van der Waals surface area contributed by atoms with Crippen molar-refractivity contribution in [2.75, 3.05) is 31.1 Å². The number of piperazine rings is 1. The monoisotopic (exact) mass is 319 g/mol. The van der Waals surface area contributed by atoms with E-state index in [9.17, 15) is 4.79 Å². The maximum Gasteiger partial charge on any atom is 0.253 e. The fourth-order valence-electron chi connectivity index (χ4n) is 2.96. The lowest BCUT2D eigenvalue weighted by Gasteiger charge is -2.34. The van der Waals surface area contributed by atoms with E-state index in [4.69, 9.17) is 0 Å². The van der Waals surface area contributed by atoms with Crippen molar-refractivity contribution in [1.29, 1.82) is 0 Å². The molecule has 0 radical (unpaired) electrons. The average molecular weight is 319 g/mol. The molecule has 24 heavy (non-hydrogen) atoms. The molecule has 1 aliphatic heterocycles. The van der Waals surface area contributed by atoms with Gasteiger partial charge in [-0.1, -0.05) is 6.07 Å². The summed E-state index contributed by atoms with van der Waals surface area (Å²) in [5, 5.41) is 0.986. The third kappa shape index (κ3) is 2.78. The van der Waals surface area contributed by atoms with Crippen molar-refractivity contribution < 1.29 is 4.79 Å². The number of aromatic nitrogens is 3. The van der Waals surface area contributed by atoms with E-state index in [0.29, 0.717) is 18.7 Å². The van der Waals surface area contributed by atoms with Crippen molar-refractivity contribution in [3.63, 3.8) is 0 Å². The van der Waals surface area contributed by atoms with Crippen molar-refractivity contribution in [3.05, 3.63) is 60.6 Å². The second kappa shape index (κ2) is 6.23. The number of amides is 1. The number of hydrogen-bond acceptors (Lipinski definition) is 5. The van der Waals surface area contributed by atoms with Gasteiger partial charge < -0.3 is 9.80 Å². The number of carbonyl (C=O) groups excluding carboxylic acids is 1. The maximum absolute atomic E-state index is 12.7. The minimum Gasteiger partial charge on any atom is -0.337 e. The highest BCUT2D eigenvalue weighted by Crippen LogP contribution is 2.17. The van der Waals surface area contributed by atoms with Crippen LogP contribution in [0.25, 0.3) is 10.9 Å². The molecular formula is C18H17N5O. The lowest BCUT2D eigenvalue weighted by atomic mass is 10.1. The first-order valence-corrected chi connectivity index (χ1v) is 7.97. The van der Waals surface area contributed by atoms with Crippen LogP contribution in [-0.2, 0) is 0 Å². The van der Waals surface area contributed by atoms with Gasteiger partial charge in [0, 0.05) is 55.7 Å². The molecule has 6 heteroatoms. The molecule has 0 aliphatic carbocycles. The van der Waals surface area contributed by atoms with Crippen molar-refractivity contribution in [1.82, 2.24) is 19.9 Å². The van der Waals surface area contributed by atoms with E-state index >= 15 is 0 Å². The van der Waals surface area contributed by atoms with Crippen LogP contribution in [0.4, 0.5) is 5.95 Å². The Morgan fingerprint density at radius 1 is 0.875 bits per heavy atom. The van der Waals surface area contributed by atoms with Gasteiger partial charge in [0.15, 0.2) is 0 Å². The Bertz CT molecular complexity index is 859. The van der Waals surface area contributed by atoms with Crippen LogP contribution in [0.15, 0.2) is 55.0 Å². The topological polar surface area (TPSA) is 62.2 Å². The molecule has 0 bridgehead atoms. The van der Waals surface area contributed by atoms with E-state index in [-0.39, 0.29) is 5.91 Å². The van der Waals surface area contributed by atoms with E-state index in [1.54, 1.807) is 24.7 Å². The van der Waals surface area contributed by atoms with Crippen LogP contribution in [0.3, 0.4) is 0 Å². The van der Waals surface area contributed by atoms with Crippen LogP contribution >= 0.6 is 0 Å². The van der Waals surface area contributed by atoms with Gasteiger partial charge in [0.25, 0.3) is 5.91 Å². The Balaban J connectivity index is 1.47. The van der Waals surface area contributed by atoms with E-state index in [1.165, 1.54) is 0 Å². The number of anilines is 1. The predicted molar refractivity (Wildman–Crippen MR) is 91.9 cm³/mol. The Kier molecular flexibility index (Phi) is 3.78. The molecule has 3 aromatic rings. The number of hydrogen-bond donors (Lipinski definition) is 0. The summed E-state index contributed by atoms with van der Waals surface area (Å²) in [5.41, 5.74) is 1.61. The van der Waals surface area contributed by atoms with E-state index in [2.05, 4.69) is 19.9 Å². The SMILES string of the molecule is O=C(c1ccc2ncccc2c1)N1CCN(c2ncccn2)CC1. The van der Waals surface area contributed by atoms with Gasteiger partial charge in [0.2, 0.25) is 5.95 Å². The predicted octanol–water partition coefficient (Wildman–Crippen LogP) is 1.99. The molecule has 0 unspecified atom stereocenters. The van der Waals surface area contributed by atoms with Crippen molar-refractivity contribution in [2.45, 2.75) is 0 Å². The van der Waals surface area contributed by atoms with Gasteiger partial charge in [-0.25, -0.2) is 9.97 Å². The van der Waals surface area contributed by atoms with Gasteiger partial charge >= 0.3 is 0 Å². The summed E-state index contributed by atoms with van der Waals surface area (Å²) in [7, 11) is 0. The molecule has 0 saturated carbocycles. The summed E-state index contributed by atoms with van der Waals surface area (Å²) in [4.78, 5) is 29.6. The molecule has 1 aliphatic rings. The first-order valence-electron chi connectivity index (χ1n) is 7.97. The number of rotatable bonds is 2. The van der Waals surface area contributed by atoms with Gasteiger partial charge in [-0.15, -0.1) is 0 Å². The molecule has 4 rings (SSSR count). The highest BCUT2D eigenvalue weighted by Gasteiger charge is 2.23. The third-order valence-electron chi connectivity index (χ3n) is 4.25. The standard InChI is InChI=1S/C18H17N5O/c24-17(15-4-5-16-14(13-15)3-1-6-19-16)22-9-11-23(12-10-22)18-20-7-2-8-21-18/h1-8,13H,9-12H2. The van der Waals surface area contributed by atoms with Gasteiger partial charge in [-0.05, 0) is 30.3 Å². The lowest BCUT2D eigenvalue weighted by molar-refractivity contribution is 0.0746. The Labute approximate surface area is 139 Å². The van der Waals surface area contributed by atoms with Crippen LogP contribution in [0.5, 0.6) is 0 Å². The Hall–Kier alpha value is -3.02. The smallest absolute Gasteiger partial charge is 0.253 e. The quantitative estimate of drug-likeness (QED) is 0.723. The van der Waals surface area contributed by atoms with Crippen molar-refractivity contribution >= 4 is 22.8 Å². The molecule has 6 nitrogen and oxygen atoms in total. The van der Waals surface area contributed by atoms with Gasteiger partial charge in [0.1, 0.15) is 0 Å². The second-order valence-corrected chi connectivity index (χ2v) is 5.74. The van der Waals surface area contributed by atoms with Crippen LogP contribution < -0.4 is 4.90 Å². The first kappa shape index (κ1) is 14.6. The zero-order chi connectivity index (χ0) is 16.4. The van der Waals surface area contributed by atoms with Crippen molar-refractivity contribution in [2.24, 2.45) is 0 Å². The molecule has 3 heterocycles. The second-order valence-electron chi connectivity index (χ2n) is 5.74. The Morgan fingerprint density at radius 3 is 2.42 bits per heavy atom. The zero-order valence-electron chi connectivity index (χ0n) is 13.2. The first-order chi connectivity index (χ1) is 11.8. The largest absolute Gasteiger partial charge is 0.337 e. The van der Waals surface area contributed by atoms with Crippen molar-refractivity contribution in [3.8, 4) is 0 Å². The molecule has 1 amide bonds. The molecule has 1 aromatic carbocycles. The van der Waals surface area contributed by atoms with Crippen LogP contribution in [0.2, 0.25) is 0 Å². The van der Waals surface area contributed by atoms with E-state index < -0.39 is 0 Å². The summed E-state index contributed by atoms with van der Waals surface area (Å²) in [6.07, 6.45) is 5.24. The van der Waals surface area contributed by atoms with Gasteiger partial charge in [-0.3, -0.25) is 9.78 Å². The molecular weight excluding hydrogens is 302 g/mol. The molecule has 1 fully saturated rings. The number of fused-ring (bicyclic) bond motifs is 1. The third-order valence-corrected chi connectivity index (χ3v) is 4.25. The molecule has 120 valence electrons. The molecule has 2 aromatic heterocycles. The summed E-state index contributed by atoms with van der Waals surface area (Å²) in [6, 6.07) is 11.3. The summed E-state index contributed by atoms with van der Waals surface area (Å²) in [6.45, 7) is 2.82. The van der Waals surface area contributed by atoms with E-state index in [1.807, 2.05) is 35.2 Å². The van der Waals surface area contributed by atoms with Crippen LogP contribution in [0, 0.1) is 0 Å². The number of carbonyl (C=O) groups is 1. The number of nitrogens with zero attached hydrogens (tertiary/aromatic N) is 5. The molecule has 1 saturated heterocycles. The minimum absolute atomic E-state index is 0.0642. The van der Waals surface area contributed by atoms with Crippen LogP contribution in [-0.4, -0.2) is 51.9 Å². The van der Waals surface area contributed by atoms with Crippen LogP contribution in [0.1, 0.15) is 10.4 Å². The number of benzene rings is 1. The fourth-order valence-corrected chi connectivity index (χ4v) is 2.96. The molecule has 0 N–H and O–H groups in total. The Morgan fingerprint density at radius 2 is 1.62 bits per heavy atom. The fraction of sp³-hybridized carbons (Fsp3) is 0.222. The van der Waals surface area contributed by atoms with E-state index in [0.717, 1.165) is 29.9 Å². The maximum atomic E-state index is 12.7. The summed E-state index contributed by atoms with van der Waals surface area (Å²) >= 11 is 0. The van der Waals surface area contributed by atoms with Gasteiger partial charge in [0.05, 0.1) is 5.52 Å². The minimum atomic E-state index is 0.0642. The van der Waals surface area contributed by atoms with Gasteiger partial charge in [-0.2, -0.15) is 0 Å². The normalized spacial score (nSPS) is 14.8. The molecule has 0 atom stereocenters. The average Bonchev–Trinajstić information content (AvgIpc) is 2.68. The lowest BCUT2D eigenvalue weighted by Crippen LogP contribution is -2.49. The number of pyridine rings is 1. The zero-order valence-corrected chi connectivity index (χ0v) is 13.2. The highest BCUT2D eigenvalue weighted by atomic mass is 16.2. The highest BCUT2D eigenvalue weighted by molar-refractivity contribution is 5.98.